The lowest BCUT2D eigenvalue weighted by Crippen LogP contribution is -2.42. The number of carbonyl (C=O) groups excluding carboxylic acids is 1. The Kier molecular flexibility index (Phi) is 3.60. The van der Waals surface area contributed by atoms with E-state index in [2.05, 4.69) is 15.3 Å². The summed E-state index contributed by atoms with van der Waals surface area (Å²) in [6, 6.07) is 3.92. The summed E-state index contributed by atoms with van der Waals surface area (Å²) < 4.78 is 26.6. The number of carbonyl (C=O) groups is 1. The molecule has 1 aromatic heterocycles. The van der Waals surface area contributed by atoms with Gasteiger partial charge in [0.05, 0.1) is 11.1 Å². The van der Waals surface area contributed by atoms with E-state index in [0.717, 1.165) is 25.3 Å². The van der Waals surface area contributed by atoms with Crippen LogP contribution in [-0.2, 0) is 5.54 Å². The number of rotatable bonds is 4. The fourth-order valence-electron chi connectivity index (χ4n) is 2.60. The maximum absolute atomic E-state index is 13.5. The first-order valence-electron chi connectivity index (χ1n) is 7.07. The monoisotopic (exact) mass is 303 g/mol. The zero-order chi connectivity index (χ0) is 15.7. The fourth-order valence-corrected chi connectivity index (χ4v) is 2.60. The average Bonchev–Trinajstić information content (AvgIpc) is 2.46. The highest BCUT2D eigenvalue weighted by Gasteiger charge is 2.39. The Balaban J connectivity index is 1.87. The fraction of sp³-hybridized carbons (Fsp3) is 0.312. The lowest BCUT2D eigenvalue weighted by molar-refractivity contribution is 0.101. The number of hydrogen-bond donors (Lipinski definition) is 1. The van der Waals surface area contributed by atoms with Crippen molar-refractivity contribution in [1.29, 1.82) is 0 Å². The van der Waals surface area contributed by atoms with Crippen LogP contribution in [0.4, 0.5) is 14.7 Å². The molecule has 1 aliphatic rings. The molecule has 0 unspecified atom stereocenters. The summed E-state index contributed by atoms with van der Waals surface area (Å²) in [4.78, 5) is 19.5. The molecular weight excluding hydrogens is 288 g/mol. The molecule has 1 saturated carbocycles. The Morgan fingerprint density at radius 1 is 1.18 bits per heavy atom. The first kappa shape index (κ1) is 14.6. The van der Waals surface area contributed by atoms with Gasteiger partial charge < -0.3 is 5.32 Å². The van der Waals surface area contributed by atoms with Crippen LogP contribution in [0.2, 0.25) is 0 Å². The van der Waals surface area contributed by atoms with Crippen LogP contribution in [0.15, 0.2) is 30.6 Å². The van der Waals surface area contributed by atoms with Gasteiger partial charge in [-0.05, 0) is 43.9 Å². The van der Waals surface area contributed by atoms with E-state index < -0.39 is 17.2 Å². The maximum Gasteiger partial charge on any atom is 0.223 e. The van der Waals surface area contributed by atoms with Crippen LogP contribution in [0, 0.1) is 11.6 Å². The molecule has 0 aliphatic heterocycles. The largest absolute Gasteiger partial charge is 0.345 e. The second-order valence-electron chi connectivity index (χ2n) is 5.54. The average molecular weight is 303 g/mol. The normalized spacial score (nSPS) is 16.0. The summed E-state index contributed by atoms with van der Waals surface area (Å²) in [5.41, 5.74) is 0.629. The van der Waals surface area contributed by atoms with Crippen LogP contribution in [0.3, 0.4) is 0 Å². The Hall–Kier alpha value is -2.37. The van der Waals surface area contributed by atoms with Gasteiger partial charge in [0.25, 0.3) is 0 Å². The van der Waals surface area contributed by atoms with E-state index in [1.165, 1.54) is 25.4 Å². The van der Waals surface area contributed by atoms with Crippen LogP contribution in [-0.4, -0.2) is 15.8 Å². The first-order valence-corrected chi connectivity index (χ1v) is 7.07. The number of ketones is 1. The molecule has 1 fully saturated rings. The van der Waals surface area contributed by atoms with Gasteiger partial charge in [0.2, 0.25) is 5.95 Å². The molecule has 1 aromatic carbocycles. The molecule has 1 heterocycles. The van der Waals surface area contributed by atoms with E-state index in [1.807, 2.05) is 0 Å². The van der Waals surface area contributed by atoms with Gasteiger partial charge >= 0.3 is 0 Å². The van der Waals surface area contributed by atoms with Crippen LogP contribution in [0.5, 0.6) is 0 Å². The SMILES string of the molecule is CC(=O)c1cnc(NC2(c3ccc(F)c(F)c3)CCC2)nc1. The van der Waals surface area contributed by atoms with Gasteiger partial charge in [-0.1, -0.05) is 6.07 Å². The van der Waals surface area contributed by atoms with Gasteiger partial charge in [0.1, 0.15) is 0 Å². The molecule has 22 heavy (non-hydrogen) atoms. The van der Waals surface area contributed by atoms with Gasteiger partial charge in [0, 0.05) is 12.4 Å². The quantitative estimate of drug-likeness (QED) is 0.879. The third-order valence-corrected chi connectivity index (χ3v) is 4.09. The summed E-state index contributed by atoms with van der Waals surface area (Å²) in [5.74, 6) is -1.46. The lowest BCUT2D eigenvalue weighted by atomic mass is 9.72. The van der Waals surface area contributed by atoms with E-state index >= 15 is 0 Å². The number of Topliss-reactive ketones (excluding diaryl/α,β-unsaturated/α-hetero) is 1. The molecule has 0 radical (unpaired) electrons. The van der Waals surface area contributed by atoms with Gasteiger partial charge in [-0.3, -0.25) is 4.79 Å². The Morgan fingerprint density at radius 3 is 2.36 bits per heavy atom. The van der Waals surface area contributed by atoms with Crippen LogP contribution in [0.25, 0.3) is 0 Å². The first-order chi connectivity index (χ1) is 10.5. The van der Waals surface area contributed by atoms with Crippen LogP contribution >= 0.6 is 0 Å². The van der Waals surface area contributed by atoms with Crippen molar-refractivity contribution >= 4 is 11.7 Å². The number of aromatic nitrogens is 2. The number of benzene rings is 1. The molecule has 4 nitrogen and oxygen atoms in total. The summed E-state index contributed by atoms with van der Waals surface area (Å²) in [5, 5.41) is 3.20. The van der Waals surface area contributed by atoms with Gasteiger partial charge in [-0.25, -0.2) is 18.7 Å². The van der Waals surface area contributed by atoms with Crippen molar-refractivity contribution in [1.82, 2.24) is 9.97 Å². The van der Waals surface area contributed by atoms with Crippen molar-refractivity contribution in [2.24, 2.45) is 0 Å². The predicted molar refractivity (Wildman–Crippen MR) is 77.5 cm³/mol. The topological polar surface area (TPSA) is 54.9 Å². The number of hydrogen-bond acceptors (Lipinski definition) is 4. The number of anilines is 1. The van der Waals surface area contributed by atoms with Crippen molar-refractivity contribution in [3.63, 3.8) is 0 Å². The van der Waals surface area contributed by atoms with Crippen molar-refractivity contribution in [2.45, 2.75) is 31.7 Å². The lowest BCUT2D eigenvalue weighted by Gasteiger charge is -2.43. The highest BCUT2D eigenvalue weighted by atomic mass is 19.2. The molecular formula is C16H15F2N3O. The van der Waals surface area contributed by atoms with Crippen LogP contribution < -0.4 is 5.32 Å². The molecule has 0 spiro atoms. The molecule has 0 bridgehead atoms. The molecule has 0 saturated heterocycles. The predicted octanol–water partition coefficient (Wildman–Crippen LogP) is 3.45. The van der Waals surface area contributed by atoms with Crippen molar-refractivity contribution in [3.8, 4) is 0 Å². The summed E-state index contributed by atoms with van der Waals surface area (Å²) in [6.07, 6.45) is 5.47. The Labute approximate surface area is 126 Å². The smallest absolute Gasteiger partial charge is 0.223 e. The second kappa shape index (κ2) is 5.44. The van der Waals surface area contributed by atoms with E-state index in [1.54, 1.807) is 6.07 Å². The molecule has 1 N–H and O–H groups in total. The zero-order valence-corrected chi connectivity index (χ0v) is 12.1. The number of nitrogens with one attached hydrogen (secondary N) is 1. The molecule has 6 heteroatoms. The molecule has 114 valence electrons. The Bertz CT molecular complexity index is 712. The zero-order valence-electron chi connectivity index (χ0n) is 12.1. The maximum atomic E-state index is 13.5. The Morgan fingerprint density at radius 2 is 1.86 bits per heavy atom. The van der Waals surface area contributed by atoms with Crippen molar-refractivity contribution in [2.75, 3.05) is 5.32 Å². The van der Waals surface area contributed by atoms with E-state index in [0.29, 0.717) is 17.1 Å². The molecule has 1 aliphatic carbocycles. The van der Waals surface area contributed by atoms with E-state index in [9.17, 15) is 13.6 Å². The van der Waals surface area contributed by atoms with Gasteiger partial charge in [-0.2, -0.15) is 0 Å². The van der Waals surface area contributed by atoms with E-state index in [4.69, 9.17) is 0 Å². The molecule has 0 amide bonds. The summed E-state index contributed by atoms with van der Waals surface area (Å²) in [7, 11) is 0. The summed E-state index contributed by atoms with van der Waals surface area (Å²) >= 11 is 0. The van der Waals surface area contributed by atoms with Crippen LogP contribution in [0.1, 0.15) is 42.1 Å². The standard InChI is InChI=1S/C16H15F2N3O/c1-10(22)11-8-19-15(20-9-11)21-16(5-2-6-16)12-3-4-13(17)14(18)7-12/h3-4,7-9H,2,5-6H2,1H3,(H,19,20,21). The third kappa shape index (κ3) is 2.56. The second-order valence-corrected chi connectivity index (χ2v) is 5.54. The molecule has 2 aromatic rings. The summed E-state index contributed by atoms with van der Waals surface area (Å²) in [6.45, 7) is 1.44. The minimum atomic E-state index is -0.863. The molecule has 3 rings (SSSR count). The van der Waals surface area contributed by atoms with Crippen molar-refractivity contribution in [3.05, 3.63) is 53.4 Å². The highest BCUT2D eigenvalue weighted by molar-refractivity contribution is 5.93. The third-order valence-electron chi connectivity index (χ3n) is 4.09. The minimum Gasteiger partial charge on any atom is -0.345 e. The van der Waals surface area contributed by atoms with Crippen molar-refractivity contribution < 1.29 is 13.6 Å². The molecule has 0 atom stereocenters. The van der Waals surface area contributed by atoms with E-state index in [-0.39, 0.29) is 5.78 Å². The number of nitrogens with zero attached hydrogens (tertiary/aromatic N) is 2. The minimum absolute atomic E-state index is 0.106. The van der Waals surface area contributed by atoms with Gasteiger partial charge in [0.15, 0.2) is 17.4 Å². The number of halogens is 2. The van der Waals surface area contributed by atoms with Gasteiger partial charge in [-0.15, -0.1) is 0 Å². The highest BCUT2D eigenvalue weighted by Crippen LogP contribution is 2.43.